The number of aryl methyl sites for hydroxylation is 2. The summed E-state index contributed by atoms with van der Waals surface area (Å²) in [5, 5.41) is 7.58. The Morgan fingerprint density at radius 3 is 2.52 bits per heavy atom. The van der Waals surface area contributed by atoms with Crippen LogP contribution in [-0.2, 0) is 14.3 Å². The van der Waals surface area contributed by atoms with Crippen molar-refractivity contribution in [3.63, 3.8) is 0 Å². The number of hydrogen-bond donors (Lipinski definition) is 2. The quantitative estimate of drug-likeness (QED) is 0.524. The highest BCUT2D eigenvalue weighted by Crippen LogP contribution is 2.25. The van der Waals surface area contributed by atoms with E-state index in [1.807, 2.05) is 55.6 Å². The Hall–Kier alpha value is -3.52. The van der Waals surface area contributed by atoms with Gasteiger partial charge in [0.2, 0.25) is 0 Å². The molecule has 2 aromatic carbocycles. The Morgan fingerprint density at radius 2 is 1.77 bits per heavy atom. The Kier molecular flexibility index (Phi) is 7.50. The number of carbonyl (C=O) groups is 3. The van der Waals surface area contributed by atoms with E-state index < -0.39 is 18.5 Å². The predicted molar refractivity (Wildman–Crippen MR) is 120 cm³/mol. The van der Waals surface area contributed by atoms with Crippen LogP contribution in [0.15, 0.2) is 53.9 Å². The van der Waals surface area contributed by atoms with Crippen molar-refractivity contribution in [3.05, 3.63) is 70.6 Å². The molecule has 0 aliphatic rings. The third-order valence-corrected chi connectivity index (χ3v) is 5.22. The minimum atomic E-state index is -0.570. The molecule has 0 saturated heterocycles. The Bertz CT molecular complexity index is 1080. The van der Waals surface area contributed by atoms with E-state index in [4.69, 9.17) is 4.74 Å². The number of thiazole rings is 1. The summed E-state index contributed by atoms with van der Waals surface area (Å²) in [5.41, 5.74) is 4.29. The second-order valence-electron chi connectivity index (χ2n) is 6.93. The molecule has 8 heteroatoms. The van der Waals surface area contributed by atoms with Crippen molar-refractivity contribution in [1.29, 1.82) is 0 Å². The van der Waals surface area contributed by atoms with E-state index in [9.17, 15) is 14.4 Å². The van der Waals surface area contributed by atoms with Gasteiger partial charge in [-0.3, -0.25) is 19.7 Å². The van der Waals surface area contributed by atoms with Crippen LogP contribution < -0.4 is 10.6 Å². The fourth-order valence-corrected chi connectivity index (χ4v) is 3.50. The van der Waals surface area contributed by atoms with Crippen LogP contribution in [0.4, 0.5) is 5.13 Å². The van der Waals surface area contributed by atoms with Gasteiger partial charge in [0.25, 0.3) is 11.8 Å². The summed E-state index contributed by atoms with van der Waals surface area (Å²) in [6.45, 7) is 3.56. The van der Waals surface area contributed by atoms with E-state index in [1.54, 1.807) is 12.1 Å². The Morgan fingerprint density at radius 1 is 1.03 bits per heavy atom. The van der Waals surface area contributed by atoms with Crippen LogP contribution in [-0.4, -0.2) is 35.9 Å². The van der Waals surface area contributed by atoms with Crippen LogP contribution in [0.3, 0.4) is 0 Å². The first-order chi connectivity index (χ1) is 14.9. The highest BCUT2D eigenvalue weighted by Gasteiger charge is 2.12. The first-order valence-corrected chi connectivity index (χ1v) is 10.6. The van der Waals surface area contributed by atoms with E-state index in [0.717, 1.165) is 22.4 Å². The number of aromatic nitrogens is 1. The van der Waals surface area contributed by atoms with Gasteiger partial charge in [0.1, 0.15) is 0 Å². The maximum absolute atomic E-state index is 12.1. The molecule has 0 saturated carbocycles. The normalized spacial score (nSPS) is 10.4. The SMILES string of the molecule is Cc1ccc(-c2csc(NC(=O)COC(=O)CCNC(=O)c3ccccc3C)n2)cc1. The third kappa shape index (κ3) is 6.48. The molecule has 3 rings (SSSR count). The van der Waals surface area contributed by atoms with Crippen LogP contribution in [0, 0.1) is 13.8 Å². The number of anilines is 1. The number of carbonyl (C=O) groups excluding carboxylic acids is 3. The highest BCUT2D eigenvalue weighted by molar-refractivity contribution is 7.14. The van der Waals surface area contributed by atoms with Crippen molar-refractivity contribution in [2.75, 3.05) is 18.5 Å². The average molecular weight is 438 g/mol. The Labute approximate surface area is 184 Å². The van der Waals surface area contributed by atoms with Gasteiger partial charge in [-0.1, -0.05) is 48.0 Å². The molecule has 2 amide bonds. The van der Waals surface area contributed by atoms with E-state index in [1.165, 1.54) is 11.3 Å². The van der Waals surface area contributed by atoms with Crippen LogP contribution in [0.1, 0.15) is 27.9 Å². The zero-order valence-corrected chi connectivity index (χ0v) is 18.1. The van der Waals surface area contributed by atoms with Gasteiger partial charge in [-0.05, 0) is 25.5 Å². The summed E-state index contributed by atoms with van der Waals surface area (Å²) >= 11 is 1.30. The van der Waals surface area contributed by atoms with Gasteiger partial charge in [-0.25, -0.2) is 4.98 Å². The second-order valence-corrected chi connectivity index (χ2v) is 7.79. The van der Waals surface area contributed by atoms with E-state index in [-0.39, 0.29) is 18.9 Å². The fraction of sp³-hybridized carbons (Fsp3) is 0.217. The highest BCUT2D eigenvalue weighted by atomic mass is 32.1. The largest absolute Gasteiger partial charge is 0.456 e. The smallest absolute Gasteiger partial charge is 0.308 e. The van der Waals surface area contributed by atoms with E-state index >= 15 is 0 Å². The molecule has 0 bridgehead atoms. The zero-order chi connectivity index (χ0) is 22.2. The number of nitrogens with zero attached hydrogens (tertiary/aromatic N) is 1. The molecular formula is C23H23N3O4S. The summed E-state index contributed by atoms with van der Waals surface area (Å²) in [5.74, 6) is -1.29. The predicted octanol–water partition coefficient (Wildman–Crippen LogP) is 3.73. The minimum Gasteiger partial charge on any atom is -0.456 e. The molecule has 0 aliphatic carbocycles. The van der Waals surface area contributed by atoms with Gasteiger partial charge in [0.15, 0.2) is 11.7 Å². The van der Waals surface area contributed by atoms with Gasteiger partial charge in [0.05, 0.1) is 12.1 Å². The molecule has 0 atom stereocenters. The number of esters is 1. The number of amides is 2. The summed E-state index contributed by atoms with van der Waals surface area (Å²) < 4.78 is 4.97. The summed E-state index contributed by atoms with van der Waals surface area (Å²) in [6, 6.07) is 15.1. The Balaban J connectivity index is 1.38. The third-order valence-electron chi connectivity index (χ3n) is 4.47. The lowest BCUT2D eigenvalue weighted by molar-refractivity contribution is -0.147. The minimum absolute atomic E-state index is 0.0281. The summed E-state index contributed by atoms with van der Waals surface area (Å²) in [7, 11) is 0. The average Bonchev–Trinajstić information content (AvgIpc) is 3.21. The standard InChI is InChI=1S/C23H23N3O4S/c1-15-7-9-17(10-8-15)19-14-31-23(25-19)26-20(27)13-30-21(28)11-12-24-22(29)18-6-4-3-5-16(18)2/h3-10,14H,11-13H2,1-2H3,(H,24,29)(H,25,26,27). The van der Waals surface area contributed by atoms with Crippen molar-refractivity contribution in [3.8, 4) is 11.3 Å². The van der Waals surface area contributed by atoms with Crippen molar-refractivity contribution in [2.24, 2.45) is 0 Å². The van der Waals surface area contributed by atoms with Crippen LogP contribution >= 0.6 is 11.3 Å². The molecule has 2 N–H and O–H groups in total. The number of hydrogen-bond acceptors (Lipinski definition) is 6. The summed E-state index contributed by atoms with van der Waals surface area (Å²) in [4.78, 5) is 40.3. The van der Waals surface area contributed by atoms with Gasteiger partial charge in [-0.15, -0.1) is 11.3 Å². The molecule has 7 nitrogen and oxygen atoms in total. The maximum Gasteiger partial charge on any atom is 0.308 e. The van der Waals surface area contributed by atoms with Crippen LogP contribution in [0.5, 0.6) is 0 Å². The number of ether oxygens (including phenoxy) is 1. The lowest BCUT2D eigenvalue weighted by atomic mass is 10.1. The molecule has 1 aromatic heterocycles. The first kappa shape index (κ1) is 22.2. The monoisotopic (exact) mass is 437 g/mol. The fourth-order valence-electron chi connectivity index (χ4n) is 2.76. The molecule has 0 aliphatic heterocycles. The van der Waals surface area contributed by atoms with E-state index in [2.05, 4.69) is 15.6 Å². The molecular weight excluding hydrogens is 414 g/mol. The molecule has 160 valence electrons. The first-order valence-electron chi connectivity index (χ1n) is 9.74. The van der Waals surface area contributed by atoms with Gasteiger partial charge < -0.3 is 10.1 Å². The molecule has 0 radical (unpaired) electrons. The van der Waals surface area contributed by atoms with E-state index in [0.29, 0.717) is 10.7 Å². The maximum atomic E-state index is 12.1. The molecule has 0 unspecified atom stereocenters. The van der Waals surface area contributed by atoms with Crippen molar-refractivity contribution < 1.29 is 19.1 Å². The van der Waals surface area contributed by atoms with Crippen LogP contribution in [0.25, 0.3) is 11.3 Å². The van der Waals surface area contributed by atoms with Crippen LogP contribution in [0.2, 0.25) is 0 Å². The van der Waals surface area contributed by atoms with Gasteiger partial charge in [0, 0.05) is 23.1 Å². The van der Waals surface area contributed by atoms with Crippen molar-refractivity contribution in [1.82, 2.24) is 10.3 Å². The zero-order valence-electron chi connectivity index (χ0n) is 17.3. The van der Waals surface area contributed by atoms with Gasteiger partial charge >= 0.3 is 5.97 Å². The summed E-state index contributed by atoms with van der Waals surface area (Å²) in [6.07, 6.45) is -0.0281. The molecule has 1 heterocycles. The number of rotatable bonds is 8. The molecule has 3 aromatic rings. The molecule has 0 fully saturated rings. The number of nitrogens with one attached hydrogen (secondary N) is 2. The van der Waals surface area contributed by atoms with Crippen molar-refractivity contribution in [2.45, 2.75) is 20.3 Å². The second kappa shape index (κ2) is 10.5. The van der Waals surface area contributed by atoms with Gasteiger partial charge in [-0.2, -0.15) is 0 Å². The molecule has 0 spiro atoms. The topological polar surface area (TPSA) is 97.4 Å². The van der Waals surface area contributed by atoms with Crippen molar-refractivity contribution >= 4 is 34.3 Å². The lowest BCUT2D eigenvalue weighted by Crippen LogP contribution is -2.28. The number of benzene rings is 2. The molecule has 31 heavy (non-hydrogen) atoms. The lowest BCUT2D eigenvalue weighted by Gasteiger charge is -2.08.